The van der Waals surface area contributed by atoms with Gasteiger partial charge in [0.15, 0.2) is 0 Å². The molecule has 9 nitrogen and oxygen atoms in total. The van der Waals surface area contributed by atoms with Crippen LogP contribution >= 0.6 is 0 Å². The normalized spacial score (nSPS) is 14.9. The molecule has 2 heterocycles. The van der Waals surface area contributed by atoms with Crippen molar-refractivity contribution in [1.82, 2.24) is 10.2 Å². The van der Waals surface area contributed by atoms with Crippen LogP contribution in [0.3, 0.4) is 0 Å². The van der Waals surface area contributed by atoms with E-state index in [1.807, 2.05) is 72.8 Å². The van der Waals surface area contributed by atoms with Crippen molar-refractivity contribution in [1.29, 1.82) is 0 Å². The highest BCUT2D eigenvalue weighted by molar-refractivity contribution is 6.19. The fraction of sp³-hybridized carbons (Fsp3) is 0.154. The van der Waals surface area contributed by atoms with E-state index in [4.69, 9.17) is 18.9 Å². The highest BCUT2D eigenvalue weighted by Gasteiger charge is 2.27. The third-order valence-electron chi connectivity index (χ3n) is 5.32. The van der Waals surface area contributed by atoms with Gasteiger partial charge in [-0.3, -0.25) is 4.79 Å². The first-order valence-electron chi connectivity index (χ1n) is 11.1. The van der Waals surface area contributed by atoms with E-state index in [9.17, 15) is 4.79 Å². The maximum absolute atomic E-state index is 13.0. The summed E-state index contributed by atoms with van der Waals surface area (Å²) < 4.78 is 16.5. The molecule has 35 heavy (non-hydrogen) atoms. The number of hydrogen-bond acceptors (Lipinski definition) is 8. The van der Waals surface area contributed by atoms with Crippen molar-refractivity contribution in [3.63, 3.8) is 0 Å². The van der Waals surface area contributed by atoms with Crippen molar-refractivity contribution in [3.05, 3.63) is 90.0 Å². The first-order valence-corrected chi connectivity index (χ1v) is 11.1. The van der Waals surface area contributed by atoms with Gasteiger partial charge in [-0.05, 0) is 24.3 Å². The summed E-state index contributed by atoms with van der Waals surface area (Å²) in [6.07, 6.45) is -0.977. The van der Waals surface area contributed by atoms with Crippen LogP contribution in [0.2, 0.25) is 0 Å². The molecule has 3 aromatic carbocycles. The van der Waals surface area contributed by atoms with Crippen molar-refractivity contribution in [3.8, 4) is 17.2 Å². The number of nitrogens with one attached hydrogen (secondary N) is 2. The van der Waals surface area contributed by atoms with Gasteiger partial charge in [-0.25, -0.2) is 4.99 Å². The maximum Gasteiger partial charge on any atom is 0.317 e. The minimum Gasteiger partial charge on any atom is -0.491 e. The predicted molar refractivity (Wildman–Crippen MR) is 132 cm³/mol. The van der Waals surface area contributed by atoms with Crippen LogP contribution in [0.4, 0.5) is 11.7 Å². The SMILES string of the molecule is COCCOc1cccc(-c2nnc(NC3N=C(c4ccccc4)c4ccccc4NC3=O)o2)c1. The molecular weight excluding hydrogens is 446 g/mol. The Labute approximate surface area is 201 Å². The number of amides is 1. The van der Waals surface area contributed by atoms with Crippen LogP contribution in [-0.4, -0.2) is 48.3 Å². The van der Waals surface area contributed by atoms with Crippen molar-refractivity contribution in [2.75, 3.05) is 31.0 Å². The number of anilines is 2. The molecule has 1 amide bonds. The molecule has 4 aromatic rings. The van der Waals surface area contributed by atoms with Crippen molar-refractivity contribution in [2.24, 2.45) is 4.99 Å². The van der Waals surface area contributed by atoms with Gasteiger partial charge in [0, 0.05) is 23.8 Å². The van der Waals surface area contributed by atoms with Crippen LogP contribution in [0.5, 0.6) is 5.75 Å². The fourth-order valence-corrected chi connectivity index (χ4v) is 3.66. The minimum absolute atomic E-state index is 0.0768. The molecule has 0 aliphatic carbocycles. The molecule has 1 aromatic heterocycles. The molecule has 0 saturated heterocycles. The third kappa shape index (κ3) is 5.04. The Balaban J connectivity index is 1.41. The lowest BCUT2D eigenvalue weighted by Crippen LogP contribution is -2.32. The Bertz CT molecular complexity index is 1350. The molecule has 9 heteroatoms. The zero-order valence-corrected chi connectivity index (χ0v) is 19.0. The molecule has 1 aliphatic heterocycles. The van der Waals surface area contributed by atoms with Crippen molar-refractivity contribution in [2.45, 2.75) is 6.17 Å². The van der Waals surface area contributed by atoms with E-state index in [2.05, 4.69) is 20.8 Å². The predicted octanol–water partition coefficient (Wildman–Crippen LogP) is 3.99. The topological polar surface area (TPSA) is 111 Å². The van der Waals surface area contributed by atoms with E-state index in [0.29, 0.717) is 35.9 Å². The van der Waals surface area contributed by atoms with Gasteiger partial charge >= 0.3 is 6.01 Å². The lowest BCUT2D eigenvalue weighted by molar-refractivity contribution is -0.116. The lowest BCUT2D eigenvalue weighted by Gasteiger charge is -2.11. The number of ether oxygens (including phenoxy) is 2. The summed E-state index contributed by atoms with van der Waals surface area (Å²) in [6.45, 7) is 0.912. The number of para-hydroxylation sites is 1. The van der Waals surface area contributed by atoms with Gasteiger partial charge in [0.25, 0.3) is 5.91 Å². The number of benzodiazepines with no additional fused rings is 1. The number of rotatable bonds is 8. The summed E-state index contributed by atoms with van der Waals surface area (Å²) >= 11 is 0. The maximum atomic E-state index is 13.0. The van der Waals surface area contributed by atoms with Gasteiger partial charge in [-0.2, -0.15) is 0 Å². The van der Waals surface area contributed by atoms with Crippen molar-refractivity contribution >= 4 is 23.3 Å². The van der Waals surface area contributed by atoms with E-state index < -0.39 is 6.17 Å². The summed E-state index contributed by atoms with van der Waals surface area (Å²) in [5.41, 5.74) is 3.76. The van der Waals surface area contributed by atoms with Crippen LogP contribution in [0.15, 0.2) is 88.3 Å². The quantitative estimate of drug-likeness (QED) is 0.375. The molecule has 5 rings (SSSR count). The van der Waals surface area contributed by atoms with Crippen LogP contribution in [0.25, 0.3) is 11.5 Å². The smallest absolute Gasteiger partial charge is 0.317 e. The molecule has 176 valence electrons. The van der Waals surface area contributed by atoms with E-state index in [1.54, 1.807) is 13.2 Å². The summed E-state index contributed by atoms with van der Waals surface area (Å²) in [6, 6.07) is 24.6. The highest BCUT2D eigenvalue weighted by atomic mass is 16.5. The highest BCUT2D eigenvalue weighted by Crippen LogP contribution is 2.27. The summed E-state index contributed by atoms with van der Waals surface area (Å²) in [7, 11) is 1.62. The molecule has 0 fully saturated rings. The second kappa shape index (κ2) is 10.2. The number of aromatic nitrogens is 2. The van der Waals surface area contributed by atoms with Crippen LogP contribution in [0, 0.1) is 0 Å². The second-order valence-corrected chi connectivity index (χ2v) is 7.71. The Morgan fingerprint density at radius 2 is 1.74 bits per heavy atom. The molecular formula is C26H23N5O4. The van der Waals surface area contributed by atoms with Gasteiger partial charge in [0.2, 0.25) is 12.1 Å². The van der Waals surface area contributed by atoms with Gasteiger partial charge in [0.1, 0.15) is 12.4 Å². The molecule has 0 saturated carbocycles. The van der Waals surface area contributed by atoms with E-state index in [0.717, 1.165) is 11.1 Å². The Kier molecular flexibility index (Phi) is 6.49. The van der Waals surface area contributed by atoms with Crippen molar-refractivity contribution < 1.29 is 18.7 Å². The fourth-order valence-electron chi connectivity index (χ4n) is 3.66. The Morgan fingerprint density at radius 1 is 0.943 bits per heavy atom. The molecule has 2 N–H and O–H groups in total. The first kappa shape index (κ1) is 22.3. The van der Waals surface area contributed by atoms with Gasteiger partial charge in [-0.15, -0.1) is 5.10 Å². The van der Waals surface area contributed by atoms with Crippen LogP contribution < -0.4 is 15.4 Å². The largest absolute Gasteiger partial charge is 0.491 e. The number of carbonyl (C=O) groups excluding carboxylic acids is 1. The summed E-state index contributed by atoms with van der Waals surface area (Å²) in [5, 5.41) is 14.1. The minimum atomic E-state index is -0.977. The van der Waals surface area contributed by atoms with Gasteiger partial charge < -0.3 is 24.5 Å². The number of benzene rings is 3. The molecule has 0 bridgehead atoms. The number of aliphatic imine (C=N–C) groups is 1. The molecule has 1 atom stereocenters. The first-order chi connectivity index (χ1) is 17.2. The average molecular weight is 470 g/mol. The summed E-state index contributed by atoms with van der Waals surface area (Å²) in [5.74, 6) is 0.608. The van der Waals surface area contributed by atoms with Crippen LogP contribution in [0.1, 0.15) is 11.1 Å². The number of fused-ring (bicyclic) bond motifs is 1. The average Bonchev–Trinajstić information content (AvgIpc) is 3.31. The monoisotopic (exact) mass is 469 g/mol. The third-order valence-corrected chi connectivity index (χ3v) is 5.32. The number of carbonyl (C=O) groups is 1. The van der Waals surface area contributed by atoms with E-state index in [-0.39, 0.29) is 17.8 Å². The zero-order valence-electron chi connectivity index (χ0n) is 19.0. The number of nitrogens with zero attached hydrogens (tertiary/aromatic N) is 3. The Hall–Kier alpha value is -4.50. The van der Waals surface area contributed by atoms with E-state index >= 15 is 0 Å². The van der Waals surface area contributed by atoms with Gasteiger partial charge in [0.05, 0.1) is 18.0 Å². The van der Waals surface area contributed by atoms with Crippen LogP contribution in [-0.2, 0) is 9.53 Å². The second-order valence-electron chi connectivity index (χ2n) is 7.71. The molecule has 1 aliphatic rings. The summed E-state index contributed by atoms with van der Waals surface area (Å²) in [4.78, 5) is 17.7. The van der Waals surface area contributed by atoms with E-state index in [1.165, 1.54) is 0 Å². The Morgan fingerprint density at radius 3 is 2.60 bits per heavy atom. The standard InChI is InChI=1S/C26H23N5O4/c1-33-14-15-34-19-11-7-10-18(16-19)25-30-31-26(35-25)29-23-24(32)27-21-13-6-5-12-20(21)22(28-23)17-8-3-2-4-9-17/h2-13,16,23H,14-15H2,1H3,(H,27,32)(H,29,31). The lowest BCUT2D eigenvalue weighted by atomic mass is 10.0. The zero-order chi connectivity index (χ0) is 24.0. The molecule has 0 spiro atoms. The number of methoxy groups -OCH3 is 1. The van der Waals surface area contributed by atoms with Gasteiger partial charge in [-0.1, -0.05) is 59.7 Å². The molecule has 0 radical (unpaired) electrons. The number of hydrogen-bond donors (Lipinski definition) is 2. The molecule has 1 unspecified atom stereocenters.